The Bertz CT molecular complexity index is 265. The van der Waals surface area contributed by atoms with Gasteiger partial charge in [0, 0.05) is 4.57 Å². The Balaban J connectivity index is 4.37. The van der Waals surface area contributed by atoms with Crippen molar-refractivity contribution < 1.29 is 40.1 Å². The Morgan fingerprint density at radius 1 is 1.33 bits per heavy atom. The summed E-state index contributed by atoms with van der Waals surface area (Å²) in [6.45, 7) is 0. The highest BCUT2D eigenvalue weighted by molar-refractivity contribution is 7.87. The van der Waals surface area contributed by atoms with Crippen molar-refractivity contribution in [2.45, 2.75) is 5.51 Å². The second kappa shape index (κ2) is 3.62. The van der Waals surface area contributed by atoms with Crippen LogP contribution in [0.5, 0.6) is 0 Å². The molecule has 0 heterocycles. The first-order chi connectivity index (χ1) is 5.17. The number of hydrogen-bond acceptors (Lipinski definition) is 5. The van der Waals surface area contributed by atoms with E-state index in [0.29, 0.717) is 0 Å². The third kappa shape index (κ3) is 3.41. The quantitative estimate of drug-likeness (QED) is 0.326. The van der Waals surface area contributed by atoms with E-state index in [0.717, 1.165) is 0 Å². The van der Waals surface area contributed by atoms with Crippen LogP contribution in [0.2, 0.25) is 0 Å². The highest BCUT2D eigenvalue weighted by Crippen LogP contribution is 2.27. The normalized spacial score (nSPS) is 14.5. The molecule has 1 atom stereocenters. The number of alkyl halides is 3. The molecule has 1 unspecified atom stereocenters. The van der Waals surface area contributed by atoms with Crippen LogP contribution in [0.15, 0.2) is 0 Å². The third-order valence-electron chi connectivity index (χ3n) is 0.467. The van der Waals surface area contributed by atoms with Crippen molar-refractivity contribution in [1.82, 2.24) is 0 Å². The van der Waals surface area contributed by atoms with Crippen LogP contribution in [-0.4, -0.2) is 18.8 Å². The maximum atomic E-state index is 11.3. The smallest absolute Gasteiger partial charge is 0.187 e. The van der Waals surface area contributed by atoms with Crippen molar-refractivity contribution in [2.24, 2.45) is 0 Å². The fourth-order valence-electron chi connectivity index (χ4n) is 0.105. The average Bonchev–Trinajstić information content (AvgIpc) is 1.81. The molecule has 0 fully saturated rings. The average molecular weight is 229 g/mol. The van der Waals surface area contributed by atoms with E-state index in [1.165, 1.54) is 0 Å². The molecule has 12 heavy (non-hydrogen) atoms. The van der Waals surface area contributed by atoms with E-state index in [9.17, 15) is 26.2 Å². The van der Waals surface area contributed by atoms with Crippen LogP contribution >= 0.6 is 8.25 Å². The molecule has 0 saturated heterocycles. The summed E-state index contributed by atoms with van der Waals surface area (Å²) in [5, 5.41) is 0. The number of halogens is 3. The molecule has 0 saturated carbocycles. The SMILES string of the molecule is O=[P+](O)OOS(=O)(=O)C(F)(F)F. The van der Waals surface area contributed by atoms with Gasteiger partial charge in [0.05, 0.1) is 4.67 Å². The van der Waals surface area contributed by atoms with Gasteiger partial charge in [-0.05, 0) is 4.33 Å². The molecule has 0 amide bonds. The molecule has 0 aliphatic rings. The molecular formula is CHF3O6PS+. The van der Waals surface area contributed by atoms with Crippen molar-refractivity contribution in [2.75, 3.05) is 0 Å². The fourth-order valence-corrected chi connectivity index (χ4v) is 0.711. The first-order valence-corrected chi connectivity index (χ1v) is 4.54. The molecule has 11 heteroatoms. The van der Waals surface area contributed by atoms with Crippen LogP contribution in [0, 0.1) is 0 Å². The Hall–Kier alpha value is -0.280. The second-order valence-electron chi connectivity index (χ2n) is 1.28. The lowest BCUT2D eigenvalue weighted by Crippen LogP contribution is -2.24. The maximum absolute atomic E-state index is 11.3. The largest absolute Gasteiger partial charge is 0.727 e. The van der Waals surface area contributed by atoms with Gasteiger partial charge in [-0.2, -0.15) is 21.6 Å². The highest BCUT2D eigenvalue weighted by Gasteiger charge is 2.50. The number of rotatable bonds is 3. The van der Waals surface area contributed by atoms with E-state index in [1.807, 2.05) is 0 Å². The molecule has 0 aliphatic heterocycles. The van der Waals surface area contributed by atoms with E-state index in [2.05, 4.69) is 9.01 Å². The van der Waals surface area contributed by atoms with Crippen LogP contribution in [0.3, 0.4) is 0 Å². The zero-order valence-corrected chi connectivity index (χ0v) is 6.69. The summed E-state index contributed by atoms with van der Waals surface area (Å²) in [4.78, 5) is 7.71. The van der Waals surface area contributed by atoms with Gasteiger partial charge in [-0.25, -0.2) is 0 Å². The van der Waals surface area contributed by atoms with Crippen molar-refractivity contribution >= 4 is 18.4 Å². The van der Waals surface area contributed by atoms with E-state index in [4.69, 9.17) is 4.89 Å². The van der Waals surface area contributed by atoms with E-state index >= 15 is 0 Å². The molecule has 0 bridgehead atoms. The summed E-state index contributed by atoms with van der Waals surface area (Å²) in [6.07, 6.45) is 0. The standard InChI is InChI=1S/CF3O6PS/c2-1(3,4)12(7,8)10-9-11(5)6/p+1. The molecule has 0 aliphatic carbocycles. The lowest BCUT2D eigenvalue weighted by atomic mass is 11.6. The summed E-state index contributed by atoms with van der Waals surface area (Å²) in [5.41, 5.74) is -5.68. The summed E-state index contributed by atoms with van der Waals surface area (Å²) in [5.74, 6) is 0. The van der Waals surface area contributed by atoms with E-state index in [-0.39, 0.29) is 0 Å². The van der Waals surface area contributed by atoms with Gasteiger partial charge in [0.15, 0.2) is 0 Å². The van der Waals surface area contributed by atoms with Crippen molar-refractivity contribution in [3.63, 3.8) is 0 Å². The Morgan fingerprint density at radius 2 is 1.75 bits per heavy atom. The van der Waals surface area contributed by atoms with Gasteiger partial charge < -0.3 is 0 Å². The second-order valence-corrected chi connectivity index (χ2v) is 3.41. The first kappa shape index (κ1) is 11.7. The van der Waals surface area contributed by atoms with Crippen LogP contribution in [0.4, 0.5) is 13.2 Å². The van der Waals surface area contributed by atoms with Gasteiger partial charge in [0.1, 0.15) is 0 Å². The van der Waals surface area contributed by atoms with Gasteiger partial charge >= 0.3 is 23.9 Å². The Morgan fingerprint density at radius 3 is 2.00 bits per heavy atom. The van der Waals surface area contributed by atoms with Crippen LogP contribution in [-0.2, 0) is 23.7 Å². The molecule has 0 aromatic rings. The van der Waals surface area contributed by atoms with Gasteiger partial charge in [-0.15, -0.1) is 4.89 Å². The van der Waals surface area contributed by atoms with Crippen LogP contribution in [0.25, 0.3) is 0 Å². The maximum Gasteiger partial charge on any atom is 0.727 e. The molecule has 0 aromatic carbocycles. The lowest BCUT2D eigenvalue weighted by molar-refractivity contribution is -0.129. The van der Waals surface area contributed by atoms with Crippen molar-refractivity contribution in [1.29, 1.82) is 0 Å². The first-order valence-electron chi connectivity index (χ1n) is 2.00. The molecule has 0 aromatic heterocycles. The molecule has 0 radical (unpaired) electrons. The van der Waals surface area contributed by atoms with Crippen molar-refractivity contribution in [3.05, 3.63) is 0 Å². The minimum Gasteiger partial charge on any atom is -0.187 e. The predicted octanol–water partition coefficient (Wildman–Crippen LogP) is 0.434. The van der Waals surface area contributed by atoms with Gasteiger partial charge in [0.2, 0.25) is 0 Å². The Kier molecular flexibility index (Phi) is 3.54. The lowest BCUT2D eigenvalue weighted by Gasteiger charge is -2.01. The van der Waals surface area contributed by atoms with Crippen LogP contribution < -0.4 is 0 Å². The summed E-state index contributed by atoms with van der Waals surface area (Å²) < 4.78 is 68.7. The predicted molar refractivity (Wildman–Crippen MR) is 27.0 cm³/mol. The molecule has 0 spiro atoms. The zero-order chi connectivity index (χ0) is 9.99. The molecule has 1 N–H and O–H groups in total. The third-order valence-corrected chi connectivity index (χ3v) is 1.58. The Labute approximate surface area is 64.9 Å². The fraction of sp³-hybridized carbons (Fsp3) is 1.00. The zero-order valence-electron chi connectivity index (χ0n) is 4.98. The van der Waals surface area contributed by atoms with Gasteiger partial charge in [-0.3, -0.25) is 0 Å². The van der Waals surface area contributed by atoms with Crippen molar-refractivity contribution in [3.8, 4) is 0 Å². The summed E-state index contributed by atoms with van der Waals surface area (Å²) in [6, 6.07) is 0. The molecule has 0 rings (SSSR count). The minimum atomic E-state index is -5.96. The number of hydrogen-bond donors (Lipinski definition) is 1. The van der Waals surface area contributed by atoms with E-state index < -0.39 is 23.9 Å². The molecule has 6 nitrogen and oxygen atoms in total. The molecular weight excluding hydrogens is 228 g/mol. The highest BCUT2D eigenvalue weighted by atomic mass is 32.2. The topological polar surface area (TPSA) is 89.9 Å². The van der Waals surface area contributed by atoms with Gasteiger partial charge in [0.25, 0.3) is 0 Å². The summed E-state index contributed by atoms with van der Waals surface area (Å²) >= 11 is 0. The van der Waals surface area contributed by atoms with Crippen LogP contribution in [0.1, 0.15) is 0 Å². The minimum absolute atomic E-state index is 2.67. The monoisotopic (exact) mass is 229 g/mol. The summed E-state index contributed by atoms with van der Waals surface area (Å²) in [7, 11) is -9.52. The van der Waals surface area contributed by atoms with E-state index in [1.54, 1.807) is 0 Å². The van der Waals surface area contributed by atoms with Gasteiger partial charge in [-0.1, -0.05) is 0 Å². The molecule has 72 valence electrons.